The zero-order chi connectivity index (χ0) is 20.5. The van der Waals surface area contributed by atoms with Gasteiger partial charge >= 0.3 is 12.1 Å². The van der Waals surface area contributed by atoms with Crippen LogP contribution in [0.5, 0.6) is 0 Å². The Balaban J connectivity index is 1.83. The van der Waals surface area contributed by atoms with Crippen molar-refractivity contribution in [2.75, 3.05) is 0 Å². The number of nitrogens with one attached hydrogen (secondary N) is 1. The van der Waals surface area contributed by atoms with Gasteiger partial charge in [0, 0.05) is 0 Å². The van der Waals surface area contributed by atoms with Gasteiger partial charge in [0.25, 0.3) is 5.91 Å². The number of amidine groups is 1. The number of thioether (sulfide) groups is 1. The fourth-order valence-electron chi connectivity index (χ4n) is 2.27. The van der Waals surface area contributed by atoms with Crippen LogP contribution in [0.15, 0.2) is 52.4 Å². The summed E-state index contributed by atoms with van der Waals surface area (Å²) in [5.41, 5.74) is -0.322. The minimum atomic E-state index is -4.62. The van der Waals surface area contributed by atoms with Crippen molar-refractivity contribution in [3.05, 3.63) is 69.1 Å². The van der Waals surface area contributed by atoms with Gasteiger partial charge < -0.3 is 10.4 Å². The number of aliphatic imine (C=N–C) groups is 1. The van der Waals surface area contributed by atoms with Crippen LogP contribution in [0.3, 0.4) is 0 Å². The summed E-state index contributed by atoms with van der Waals surface area (Å²) in [5.74, 6) is -1.53. The summed E-state index contributed by atoms with van der Waals surface area (Å²) < 4.78 is 38.8. The van der Waals surface area contributed by atoms with Crippen LogP contribution in [-0.4, -0.2) is 22.2 Å². The van der Waals surface area contributed by atoms with E-state index in [2.05, 4.69) is 10.3 Å². The van der Waals surface area contributed by atoms with E-state index in [1.807, 2.05) is 0 Å². The van der Waals surface area contributed by atoms with E-state index in [1.54, 1.807) is 0 Å². The largest absolute Gasteiger partial charge is 0.478 e. The highest BCUT2D eigenvalue weighted by molar-refractivity contribution is 8.18. The third-order valence-corrected chi connectivity index (χ3v) is 4.83. The molecule has 0 atom stereocenters. The van der Waals surface area contributed by atoms with Gasteiger partial charge in [-0.3, -0.25) is 4.79 Å². The van der Waals surface area contributed by atoms with E-state index in [0.29, 0.717) is 5.56 Å². The predicted octanol–water partition coefficient (Wildman–Crippen LogP) is 4.95. The van der Waals surface area contributed by atoms with Gasteiger partial charge in [-0.15, -0.1) is 0 Å². The number of benzene rings is 2. The van der Waals surface area contributed by atoms with E-state index in [0.717, 1.165) is 23.9 Å². The lowest BCUT2D eigenvalue weighted by molar-refractivity contribution is -0.137. The Labute approximate surface area is 165 Å². The van der Waals surface area contributed by atoms with E-state index in [4.69, 9.17) is 16.7 Å². The van der Waals surface area contributed by atoms with Crippen molar-refractivity contribution in [1.29, 1.82) is 0 Å². The Bertz CT molecular complexity index is 1020. The molecule has 0 spiro atoms. The van der Waals surface area contributed by atoms with Crippen molar-refractivity contribution in [3.63, 3.8) is 0 Å². The molecular formula is C18H10ClF3N2O3S. The highest BCUT2D eigenvalue weighted by Gasteiger charge is 2.33. The zero-order valence-corrected chi connectivity index (χ0v) is 15.3. The average Bonchev–Trinajstić information content (AvgIpc) is 2.95. The molecule has 1 aliphatic rings. The second-order valence-corrected chi connectivity index (χ2v) is 7.01. The smallest absolute Gasteiger partial charge is 0.417 e. The van der Waals surface area contributed by atoms with E-state index in [9.17, 15) is 22.8 Å². The molecule has 2 aromatic carbocycles. The second kappa shape index (κ2) is 7.69. The first kappa shape index (κ1) is 20.0. The molecule has 1 heterocycles. The Morgan fingerprint density at radius 3 is 2.46 bits per heavy atom. The summed E-state index contributed by atoms with van der Waals surface area (Å²) in [5, 5.41) is 11.0. The molecule has 1 saturated heterocycles. The van der Waals surface area contributed by atoms with Crippen molar-refractivity contribution in [2.45, 2.75) is 6.18 Å². The molecule has 1 amide bonds. The fraction of sp³-hybridized carbons (Fsp3) is 0.0556. The Morgan fingerprint density at radius 2 is 1.86 bits per heavy atom. The summed E-state index contributed by atoms with van der Waals surface area (Å²) >= 11 is 6.53. The van der Waals surface area contributed by atoms with Crippen LogP contribution in [0.2, 0.25) is 5.02 Å². The lowest BCUT2D eigenvalue weighted by atomic mass is 10.1. The standard InChI is InChI=1S/C18H10ClF3N2O3S/c19-13-6-5-11(8-12(13)18(20,21)22)23-17-24-15(25)14(28-17)7-9-1-3-10(4-2-9)16(26)27/h1-8H,(H,26,27)(H,23,24,25)/b14-7+. The summed E-state index contributed by atoms with van der Waals surface area (Å²) in [4.78, 5) is 27.2. The first-order chi connectivity index (χ1) is 13.1. The summed E-state index contributed by atoms with van der Waals surface area (Å²) in [6.45, 7) is 0. The molecule has 0 radical (unpaired) electrons. The number of carboxylic acids is 1. The molecule has 1 aliphatic heterocycles. The number of hydrogen-bond donors (Lipinski definition) is 2. The van der Waals surface area contributed by atoms with Crippen LogP contribution in [0.4, 0.5) is 18.9 Å². The van der Waals surface area contributed by atoms with E-state index in [1.165, 1.54) is 36.4 Å². The molecule has 0 aliphatic carbocycles. The van der Waals surface area contributed by atoms with Crippen molar-refractivity contribution >= 4 is 52.2 Å². The molecule has 0 aromatic heterocycles. The van der Waals surface area contributed by atoms with E-state index >= 15 is 0 Å². The second-order valence-electron chi connectivity index (χ2n) is 5.57. The first-order valence-electron chi connectivity index (χ1n) is 7.63. The Morgan fingerprint density at radius 1 is 1.18 bits per heavy atom. The van der Waals surface area contributed by atoms with E-state index < -0.39 is 28.6 Å². The number of amides is 1. The molecule has 0 saturated carbocycles. The minimum absolute atomic E-state index is 0.00779. The van der Waals surface area contributed by atoms with Gasteiger partial charge in [-0.05, 0) is 53.7 Å². The quantitative estimate of drug-likeness (QED) is 0.681. The third-order valence-electron chi connectivity index (χ3n) is 3.59. The molecule has 2 N–H and O–H groups in total. The Kier molecular flexibility index (Phi) is 5.48. The van der Waals surface area contributed by atoms with Crippen LogP contribution >= 0.6 is 23.4 Å². The fourth-order valence-corrected chi connectivity index (χ4v) is 3.34. The lowest BCUT2D eigenvalue weighted by Gasteiger charge is -2.09. The highest BCUT2D eigenvalue weighted by Crippen LogP contribution is 2.37. The van der Waals surface area contributed by atoms with Gasteiger partial charge in [0.1, 0.15) is 0 Å². The molecule has 3 rings (SSSR count). The number of rotatable bonds is 3. The van der Waals surface area contributed by atoms with Crippen molar-refractivity contribution in [1.82, 2.24) is 5.32 Å². The van der Waals surface area contributed by atoms with Gasteiger partial charge in [0.2, 0.25) is 0 Å². The number of carbonyl (C=O) groups is 2. The van der Waals surface area contributed by atoms with Crippen molar-refractivity contribution in [3.8, 4) is 0 Å². The molecule has 1 fully saturated rings. The number of nitrogens with zero attached hydrogens (tertiary/aromatic N) is 1. The van der Waals surface area contributed by atoms with Gasteiger partial charge in [0.15, 0.2) is 5.17 Å². The number of carboxylic acid groups (broad SMARTS) is 1. The van der Waals surface area contributed by atoms with Gasteiger partial charge in [-0.1, -0.05) is 23.7 Å². The molecule has 10 heteroatoms. The number of hydrogen-bond acceptors (Lipinski definition) is 4. The molecule has 5 nitrogen and oxygen atoms in total. The van der Waals surface area contributed by atoms with Crippen LogP contribution in [0.1, 0.15) is 21.5 Å². The normalized spacial score (nSPS) is 17.2. The van der Waals surface area contributed by atoms with Crippen LogP contribution in [0, 0.1) is 0 Å². The number of alkyl halides is 3. The first-order valence-corrected chi connectivity index (χ1v) is 8.82. The van der Waals surface area contributed by atoms with Crippen molar-refractivity contribution in [2.24, 2.45) is 4.99 Å². The lowest BCUT2D eigenvalue weighted by Crippen LogP contribution is -2.19. The molecule has 2 aromatic rings. The maximum atomic E-state index is 12.9. The topological polar surface area (TPSA) is 78.8 Å². The number of carbonyl (C=O) groups excluding carboxylic acids is 1. The van der Waals surface area contributed by atoms with Crippen LogP contribution in [0.25, 0.3) is 6.08 Å². The van der Waals surface area contributed by atoms with Gasteiger partial charge in [-0.25, -0.2) is 9.79 Å². The van der Waals surface area contributed by atoms with Crippen molar-refractivity contribution < 1.29 is 27.9 Å². The zero-order valence-electron chi connectivity index (χ0n) is 13.7. The molecule has 144 valence electrons. The van der Waals surface area contributed by atoms with Gasteiger partial charge in [0.05, 0.1) is 26.7 Å². The number of halogens is 4. The molecule has 28 heavy (non-hydrogen) atoms. The Hall–Kier alpha value is -2.78. The summed E-state index contributed by atoms with van der Waals surface area (Å²) in [6.07, 6.45) is -3.09. The minimum Gasteiger partial charge on any atom is -0.478 e. The number of aromatic carboxylic acids is 1. The monoisotopic (exact) mass is 426 g/mol. The molecule has 0 bridgehead atoms. The highest BCUT2D eigenvalue weighted by atomic mass is 35.5. The van der Waals surface area contributed by atoms with Crippen LogP contribution in [-0.2, 0) is 11.0 Å². The summed E-state index contributed by atoms with van der Waals surface area (Å²) in [6, 6.07) is 9.06. The predicted molar refractivity (Wildman–Crippen MR) is 101 cm³/mol. The van der Waals surface area contributed by atoms with Gasteiger partial charge in [-0.2, -0.15) is 13.2 Å². The molecular weight excluding hydrogens is 417 g/mol. The third kappa shape index (κ3) is 4.55. The maximum absolute atomic E-state index is 12.9. The summed E-state index contributed by atoms with van der Waals surface area (Å²) in [7, 11) is 0. The molecule has 0 unspecified atom stereocenters. The average molecular weight is 427 g/mol. The SMILES string of the molecule is O=C1NC(=Nc2ccc(Cl)c(C(F)(F)F)c2)S/C1=C/c1ccc(C(=O)O)cc1. The maximum Gasteiger partial charge on any atom is 0.417 e. The van der Waals surface area contributed by atoms with Crippen LogP contribution < -0.4 is 5.32 Å². The van der Waals surface area contributed by atoms with E-state index in [-0.39, 0.29) is 21.3 Å².